The molecule has 5 heteroatoms. The molecule has 1 saturated heterocycles. The van der Waals surface area contributed by atoms with Crippen LogP contribution in [0, 0.1) is 12.8 Å². The van der Waals surface area contributed by atoms with Crippen molar-refractivity contribution < 1.29 is 14.4 Å². The molecule has 1 amide bonds. The average molecular weight is 278 g/mol. The first-order valence-electron chi connectivity index (χ1n) is 7.59. The van der Waals surface area contributed by atoms with Crippen molar-refractivity contribution in [1.82, 2.24) is 10.1 Å². The van der Waals surface area contributed by atoms with Crippen molar-refractivity contribution >= 4 is 5.91 Å². The molecular weight excluding hydrogens is 256 g/mol. The summed E-state index contributed by atoms with van der Waals surface area (Å²) in [6, 6.07) is 1.85. The molecule has 1 aliphatic carbocycles. The van der Waals surface area contributed by atoms with Gasteiger partial charge in [0.05, 0.1) is 6.10 Å². The quantitative estimate of drug-likeness (QED) is 0.900. The number of likely N-dealkylation sites (tertiary alicyclic amines) is 1. The number of rotatable bonds is 2. The minimum absolute atomic E-state index is 0.0536. The second-order valence-electron chi connectivity index (χ2n) is 6.05. The normalized spacial score (nSPS) is 30.7. The van der Waals surface area contributed by atoms with E-state index in [1.807, 2.05) is 4.90 Å². The van der Waals surface area contributed by atoms with Gasteiger partial charge in [-0.15, -0.1) is 0 Å². The summed E-state index contributed by atoms with van der Waals surface area (Å²) in [5.41, 5.74) is 0.389. The lowest BCUT2D eigenvalue weighted by Crippen LogP contribution is -2.45. The topological polar surface area (TPSA) is 66.6 Å². The van der Waals surface area contributed by atoms with Crippen LogP contribution >= 0.6 is 0 Å². The maximum atomic E-state index is 12.5. The summed E-state index contributed by atoms with van der Waals surface area (Å²) in [4.78, 5) is 14.4. The third-order valence-electron chi connectivity index (χ3n) is 4.68. The van der Waals surface area contributed by atoms with Gasteiger partial charge in [0.25, 0.3) is 5.91 Å². The highest BCUT2D eigenvalue weighted by molar-refractivity contribution is 5.92. The van der Waals surface area contributed by atoms with Crippen LogP contribution in [-0.4, -0.2) is 39.8 Å². The van der Waals surface area contributed by atoms with E-state index in [4.69, 9.17) is 4.52 Å². The molecule has 3 unspecified atom stereocenters. The summed E-state index contributed by atoms with van der Waals surface area (Å²) in [6.45, 7) is 2.55. The number of hydrogen-bond donors (Lipinski definition) is 1. The Morgan fingerprint density at radius 2 is 2.15 bits per heavy atom. The zero-order valence-corrected chi connectivity index (χ0v) is 11.9. The maximum Gasteiger partial charge on any atom is 0.276 e. The van der Waals surface area contributed by atoms with Crippen molar-refractivity contribution in [1.29, 1.82) is 0 Å². The summed E-state index contributed by atoms with van der Waals surface area (Å²) in [6.07, 6.45) is 5.88. The third-order valence-corrected chi connectivity index (χ3v) is 4.68. The molecule has 2 aliphatic rings. The van der Waals surface area contributed by atoms with Crippen LogP contribution in [0.4, 0.5) is 0 Å². The van der Waals surface area contributed by atoms with E-state index in [9.17, 15) is 9.90 Å². The molecule has 110 valence electrons. The Balaban J connectivity index is 1.76. The van der Waals surface area contributed by atoms with Crippen LogP contribution in [0.5, 0.6) is 0 Å². The van der Waals surface area contributed by atoms with Gasteiger partial charge in [-0.3, -0.25) is 4.79 Å². The van der Waals surface area contributed by atoms with E-state index in [1.165, 1.54) is 0 Å². The molecule has 0 radical (unpaired) electrons. The van der Waals surface area contributed by atoms with Crippen LogP contribution in [0.15, 0.2) is 10.6 Å². The highest BCUT2D eigenvalue weighted by Crippen LogP contribution is 2.35. The minimum Gasteiger partial charge on any atom is -0.393 e. The van der Waals surface area contributed by atoms with Gasteiger partial charge in [-0.2, -0.15) is 0 Å². The first-order valence-corrected chi connectivity index (χ1v) is 7.59. The molecule has 3 atom stereocenters. The predicted molar refractivity (Wildman–Crippen MR) is 73.3 cm³/mol. The fourth-order valence-corrected chi connectivity index (χ4v) is 3.69. The molecule has 5 nitrogen and oxygen atoms in total. The van der Waals surface area contributed by atoms with Gasteiger partial charge in [0, 0.05) is 24.6 Å². The summed E-state index contributed by atoms with van der Waals surface area (Å²) in [5, 5.41) is 14.1. The van der Waals surface area contributed by atoms with Crippen LogP contribution in [-0.2, 0) is 0 Å². The average Bonchev–Trinajstić information content (AvgIpc) is 3.07. The molecular formula is C15H22N2O3. The van der Waals surface area contributed by atoms with E-state index in [-0.39, 0.29) is 24.0 Å². The number of aliphatic hydroxyl groups excluding tert-OH is 1. The van der Waals surface area contributed by atoms with Gasteiger partial charge >= 0.3 is 0 Å². The van der Waals surface area contributed by atoms with Gasteiger partial charge in [0.1, 0.15) is 5.76 Å². The molecule has 1 N–H and O–H groups in total. The van der Waals surface area contributed by atoms with Crippen molar-refractivity contribution in [2.24, 2.45) is 5.92 Å². The SMILES string of the molecule is Cc1cc(C(=O)N2CCCC2C2CCCCC2O)no1. The number of aromatic nitrogens is 1. The molecule has 1 saturated carbocycles. The van der Waals surface area contributed by atoms with Crippen molar-refractivity contribution in [3.05, 3.63) is 17.5 Å². The Hall–Kier alpha value is -1.36. The van der Waals surface area contributed by atoms with E-state index < -0.39 is 0 Å². The van der Waals surface area contributed by atoms with Crippen LogP contribution in [0.25, 0.3) is 0 Å². The van der Waals surface area contributed by atoms with Crippen LogP contribution in [0.2, 0.25) is 0 Å². The summed E-state index contributed by atoms with van der Waals surface area (Å²) in [5.74, 6) is 0.826. The summed E-state index contributed by atoms with van der Waals surface area (Å²) in [7, 11) is 0. The zero-order valence-electron chi connectivity index (χ0n) is 11.9. The molecule has 2 heterocycles. The first-order chi connectivity index (χ1) is 9.66. The summed E-state index contributed by atoms with van der Waals surface area (Å²) < 4.78 is 5.00. The first kappa shape index (κ1) is 13.6. The predicted octanol–water partition coefficient (Wildman–Crippen LogP) is 2.14. The second kappa shape index (κ2) is 5.56. The van der Waals surface area contributed by atoms with E-state index in [0.29, 0.717) is 11.5 Å². The van der Waals surface area contributed by atoms with Crippen molar-refractivity contribution in [2.45, 2.75) is 57.6 Å². The smallest absolute Gasteiger partial charge is 0.276 e. The minimum atomic E-state index is -0.263. The Kier molecular flexibility index (Phi) is 3.78. The maximum absolute atomic E-state index is 12.5. The van der Waals surface area contributed by atoms with Crippen molar-refractivity contribution in [3.8, 4) is 0 Å². The molecule has 20 heavy (non-hydrogen) atoms. The molecule has 3 rings (SSSR count). The summed E-state index contributed by atoms with van der Waals surface area (Å²) >= 11 is 0. The Labute approximate surface area is 118 Å². The fraction of sp³-hybridized carbons (Fsp3) is 0.733. The molecule has 0 bridgehead atoms. The van der Waals surface area contributed by atoms with Gasteiger partial charge in [0.15, 0.2) is 5.69 Å². The van der Waals surface area contributed by atoms with Crippen LogP contribution < -0.4 is 0 Å². The number of aryl methyl sites for hydroxylation is 1. The Bertz CT molecular complexity index is 485. The molecule has 1 aromatic heterocycles. The number of nitrogens with zero attached hydrogens (tertiary/aromatic N) is 2. The molecule has 0 spiro atoms. The number of aliphatic hydroxyl groups is 1. The number of amides is 1. The van der Waals surface area contributed by atoms with E-state index >= 15 is 0 Å². The lowest BCUT2D eigenvalue weighted by molar-refractivity contribution is 0.0208. The number of carbonyl (C=O) groups excluding carboxylic acids is 1. The van der Waals surface area contributed by atoms with Gasteiger partial charge in [-0.25, -0.2) is 0 Å². The highest BCUT2D eigenvalue weighted by Gasteiger charge is 2.39. The number of carbonyl (C=O) groups is 1. The van der Waals surface area contributed by atoms with Crippen LogP contribution in [0.3, 0.4) is 0 Å². The standard InChI is InChI=1S/C15H22N2O3/c1-10-9-12(16-20-10)15(19)17-8-4-6-13(17)11-5-2-3-7-14(11)18/h9,11,13-14,18H,2-8H2,1H3. The van der Waals surface area contributed by atoms with Gasteiger partial charge in [-0.1, -0.05) is 18.0 Å². The Morgan fingerprint density at radius 1 is 1.35 bits per heavy atom. The van der Waals surface area contributed by atoms with E-state index in [1.54, 1.807) is 13.0 Å². The third kappa shape index (κ3) is 2.46. The van der Waals surface area contributed by atoms with E-state index in [0.717, 1.165) is 45.1 Å². The molecule has 2 fully saturated rings. The van der Waals surface area contributed by atoms with E-state index in [2.05, 4.69) is 5.16 Å². The van der Waals surface area contributed by atoms with Crippen LogP contribution in [0.1, 0.15) is 54.8 Å². The molecule has 1 aromatic rings. The van der Waals surface area contributed by atoms with Gasteiger partial charge in [0.2, 0.25) is 0 Å². The van der Waals surface area contributed by atoms with Gasteiger partial charge < -0.3 is 14.5 Å². The van der Waals surface area contributed by atoms with Crippen molar-refractivity contribution in [2.75, 3.05) is 6.54 Å². The fourth-order valence-electron chi connectivity index (χ4n) is 3.69. The lowest BCUT2D eigenvalue weighted by Gasteiger charge is -2.36. The lowest BCUT2D eigenvalue weighted by atomic mass is 9.80. The van der Waals surface area contributed by atoms with Crippen molar-refractivity contribution in [3.63, 3.8) is 0 Å². The number of hydrogen-bond acceptors (Lipinski definition) is 4. The zero-order chi connectivity index (χ0) is 14.1. The van der Waals surface area contributed by atoms with Gasteiger partial charge in [-0.05, 0) is 32.6 Å². The highest BCUT2D eigenvalue weighted by atomic mass is 16.5. The monoisotopic (exact) mass is 278 g/mol. The Morgan fingerprint density at radius 3 is 2.85 bits per heavy atom. The molecule has 1 aliphatic heterocycles. The second-order valence-corrected chi connectivity index (χ2v) is 6.05. The largest absolute Gasteiger partial charge is 0.393 e. The molecule has 0 aromatic carbocycles.